The lowest BCUT2D eigenvalue weighted by molar-refractivity contribution is -0.132. The number of amides is 1. The molecule has 0 radical (unpaired) electrons. The van der Waals surface area contributed by atoms with Crippen molar-refractivity contribution in [3.05, 3.63) is 40.7 Å². The Morgan fingerprint density at radius 3 is 2.92 bits per heavy atom. The molecule has 0 unspecified atom stereocenters. The Kier molecular flexibility index (Phi) is 4.78. The number of rotatable bonds is 5. The second kappa shape index (κ2) is 7.16. The number of nitrogens with zero attached hydrogens (tertiary/aromatic N) is 2. The highest BCUT2D eigenvalue weighted by Crippen LogP contribution is 2.27. The Bertz CT molecular complexity index is 841. The number of aryl methyl sites for hydroxylation is 1. The number of hydrogen-bond donors (Lipinski definition) is 2. The van der Waals surface area contributed by atoms with E-state index in [0.717, 1.165) is 30.5 Å². The topological polar surface area (TPSA) is 106 Å². The Hall–Kier alpha value is -3.16. The lowest BCUT2D eigenvalue weighted by Gasteiger charge is -2.08. The van der Waals surface area contributed by atoms with Crippen molar-refractivity contribution in [2.75, 3.05) is 7.11 Å². The first-order chi connectivity index (χ1) is 12.1. The van der Waals surface area contributed by atoms with Crippen molar-refractivity contribution in [3.8, 4) is 11.5 Å². The van der Waals surface area contributed by atoms with E-state index in [0.29, 0.717) is 22.8 Å². The summed E-state index contributed by atoms with van der Waals surface area (Å²) >= 11 is 0. The van der Waals surface area contributed by atoms with Crippen LogP contribution in [0.2, 0.25) is 0 Å². The molecular weight excluding hydrogens is 324 g/mol. The second-order valence-corrected chi connectivity index (χ2v) is 5.59. The third kappa shape index (κ3) is 3.68. The van der Waals surface area contributed by atoms with E-state index in [1.807, 2.05) is 0 Å². The molecule has 1 aromatic heterocycles. The molecular formula is C17H18N4O4. The molecule has 8 heteroatoms. The standard InChI is InChI=1S/C17H18N4O4/c1-10(22)25-14-7-6-11(8-15(14)24-2)9-18-21-17(23)16-12-4-3-5-13(12)19-20-16/h6-9H,3-5H2,1-2H3,(H,19,20)(H,21,23). The van der Waals surface area contributed by atoms with E-state index in [9.17, 15) is 9.59 Å². The highest BCUT2D eigenvalue weighted by atomic mass is 16.6. The van der Waals surface area contributed by atoms with Crippen LogP contribution in [-0.4, -0.2) is 35.4 Å². The molecule has 3 rings (SSSR count). The fourth-order valence-electron chi connectivity index (χ4n) is 2.73. The molecule has 8 nitrogen and oxygen atoms in total. The molecule has 0 spiro atoms. The van der Waals surface area contributed by atoms with Gasteiger partial charge in [-0.3, -0.25) is 14.7 Å². The highest BCUT2D eigenvalue weighted by molar-refractivity contribution is 5.94. The van der Waals surface area contributed by atoms with Crippen LogP contribution in [0.25, 0.3) is 0 Å². The van der Waals surface area contributed by atoms with Gasteiger partial charge in [-0.1, -0.05) is 0 Å². The number of hydrazone groups is 1. The number of aromatic amines is 1. The van der Waals surface area contributed by atoms with Crippen LogP contribution in [0.3, 0.4) is 0 Å². The van der Waals surface area contributed by atoms with Crippen molar-refractivity contribution in [2.24, 2.45) is 5.10 Å². The predicted octanol–water partition coefficient (Wildman–Crippen LogP) is 1.60. The van der Waals surface area contributed by atoms with Gasteiger partial charge in [0.25, 0.3) is 5.91 Å². The zero-order valence-corrected chi connectivity index (χ0v) is 14.0. The van der Waals surface area contributed by atoms with Crippen LogP contribution in [0.15, 0.2) is 23.3 Å². The van der Waals surface area contributed by atoms with Gasteiger partial charge in [-0.05, 0) is 43.0 Å². The predicted molar refractivity (Wildman–Crippen MR) is 90.0 cm³/mol. The number of fused-ring (bicyclic) bond motifs is 1. The molecule has 0 saturated heterocycles. The van der Waals surface area contributed by atoms with Crippen LogP contribution >= 0.6 is 0 Å². The number of nitrogens with one attached hydrogen (secondary N) is 2. The highest BCUT2D eigenvalue weighted by Gasteiger charge is 2.22. The van der Waals surface area contributed by atoms with Crippen LogP contribution in [0.4, 0.5) is 0 Å². The van der Waals surface area contributed by atoms with Crippen molar-refractivity contribution < 1.29 is 19.1 Å². The molecule has 0 aliphatic heterocycles. The molecule has 2 N–H and O–H groups in total. The van der Waals surface area contributed by atoms with Crippen LogP contribution in [0, 0.1) is 0 Å². The molecule has 0 atom stereocenters. The van der Waals surface area contributed by atoms with Gasteiger partial charge in [0.1, 0.15) is 0 Å². The van der Waals surface area contributed by atoms with E-state index in [1.165, 1.54) is 20.2 Å². The van der Waals surface area contributed by atoms with E-state index in [1.54, 1.807) is 18.2 Å². The molecule has 1 aliphatic rings. The largest absolute Gasteiger partial charge is 0.493 e. The Labute approximate surface area is 144 Å². The lowest BCUT2D eigenvalue weighted by Crippen LogP contribution is -2.19. The van der Waals surface area contributed by atoms with Crippen LogP contribution in [-0.2, 0) is 17.6 Å². The molecule has 25 heavy (non-hydrogen) atoms. The molecule has 2 aromatic rings. The summed E-state index contributed by atoms with van der Waals surface area (Å²) in [6.45, 7) is 1.32. The van der Waals surface area contributed by atoms with Gasteiger partial charge < -0.3 is 9.47 Å². The van der Waals surface area contributed by atoms with Gasteiger partial charge in [-0.2, -0.15) is 10.2 Å². The van der Waals surface area contributed by atoms with E-state index >= 15 is 0 Å². The number of carbonyl (C=O) groups excluding carboxylic acids is 2. The number of methoxy groups -OCH3 is 1. The van der Waals surface area contributed by atoms with Crippen LogP contribution < -0.4 is 14.9 Å². The van der Waals surface area contributed by atoms with E-state index < -0.39 is 5.97 Å². The van der Waals surface area contributed by atoms with Crippen molar-refractivity contribution in [2.45, 2.75) is 26.2 Å². The first-order valence-electron chi connectivity index (χ1n) is 7.84. The fourth-order valence-corrected chi connectivity index (χ4v) is 2.73. The van der Waals surface area contributed by atoms with Crippen LogP contribution in [0.1, 0.15) is 40.7 Å². The van der Waals surface area contributed by atoms with Crippen LogP contribution in [0.5, 0.6) is 11.5 Å². The zero-order valence-electron chi connectivity index (χ0n) is 14.0. The molecule has 0 fully saturated rings. The summed E-state index contributed by atoms with van der Waals surface area (Å²) in [5.41, 5.74) is 5.55. The van der Waals surface area contributed by atoms with Gasteiger partial charge in [0.15, 0.2) is 17.2 Å². The minimum atomic E-state index is -0.432. The Morgan fingerprint density at radius 1 is 1.32 bits per heavy atom. The third-order valence-corrected chi connectivity index (χ3v) is 3.84. The summed E-state index contributed by atoms with van der Waals surface area (Å²) < 4.78 is 10.2. The number of hydrogen-bond acceptors (Lipinski definition) is 6. The van der Waals surface area contributed by atoms with Gasteiger partial charge in [-0.15, -0.1) is 0 Å². The lowest BCUT2D eigenvalue weighted by atomic mass is 10.2. The van der Waals surface area contributed by atoms with Gasteiger partial charge in [0.2, 0.25) is 0 Å². The maximum Gasteiger partial charge on any atom is 0.308 e. The zero-order chi connectivity index (χ0) is 17.8. The third-order valence-electron chi connectivity index (χ3n) is 3.84. The van der Waals surface area contributed by atoms with Crippen molar-refractivity contribution in [1.82, 2.24) is 15.6 Å². The van der Waals surface area contributed by atoms with Crippen molar-refractivity contribution >= 4 is 18.1 Å². The maximum atomic E-state index is 12.2. The summed E-state index contributed by atoms with van der Waals surface area (Å²) in [6, 6.07) is 4.95. The van der Waals surface area contributed by atoms with Crippen molar-refractivity contribution in [1.29, 1.82) is 0 Å². The normalized spacial score (nSPS) is 12.9. The fraction of sp³-hybridized carbons (Fsp3) is 0.294. The minimum Gasteiger partial charge on any atom is -0.493 e. The summed E-state index contributed by atoms with van der Waals surface area (Å²) in [4.78, 5) is 23.2. The number of aromatic nitrogens is 2. The number of carbonyl (C=O) groups is 2. The summed E-state index contributed by atoms with van der Waals surface area (Å²) in [5.74, 6) is -0.0588. The molecule has 1 amide bonds. The molecule has 0 bridgehead atoms. The maximum absolute atomic E-state index is 12.2. The monoisotopic (exact) mass is 342 g/mol. The molecule has 130 valence electrons. The number of esters is 1. The SMILES string of the molecule is COc1cc(C=NNC(=O)c2n[nH]c3c2CCC3)ccc1OC(C)=O. The minimum absolute atomic E-state index is 0.322. The first-order valence-corrected chi connectivity index (χ1v) is 7.84. The average Bonchev–Trinajstić information content (AvgIpc) is 3.18. The van der Waals surface area contributed by atoms with E-state index in [4.69, 9.17) is 9.47 Å². The van der Waals surface area contributed by atoms with Gasteiger partial charge in [0.05, 0.1) is 13.3 Å². The van der Waals surface area contributed by atoms with Gasteiger partial charge >= 0.3 is 5.97 Å². The Balaban J connectivity index is 1.67. The smallest absolute Gasteiger partial charge is 0.308 e. The summed E-state index contributed by atoms with van der Waals surface area (Å²) in [6.07, 6.45) is 4.28. The molecule has 1 aliphatic carbocycles. The number of benzene rings is 1. The average molecular weight is 342 g/mol. The molecule has 0 saturated carbocycles. The quantitative estimate of drug-likeness (QED) is 0.371. The Morgan fingerprint density at radius 2 is 2.16 bits per heavy atom. The summed E-state index contributed by atoms with van der Waals surface area (Å²) in [7, 11) is 1.48. The molecule has 1 aromatic carbocycles. The number of H-pyrrole nitrogens is 1. The number of ether oxygens (including phenoxy) is 2. The van der Waals surface area contributed by atoms with Gasteiger partial charge in [0, 0.05) is 18.2 Å². The van der Waals surface area contributed by atoms with E-state index in [-0.39, 0.29) is 5.91 Å². The molecule has 1 heterocycles. The van der Waals surface area contributed by atoms with Gasteiger partial charge in [-0.25, -0.2) is 5.43 Å². The summed E-state index contributed by atoms with van der Waals surface area (Å²) in [5, 5.41) is 10.9. The first kappa shape index (κ1) is 16.7. The van der Waals surface area contributed by atoms with Crippen molar-refractivity contribution in [3.63, 3.8) is 0 Å². The second-order valence-electron chi connectivity index (χ2n) is 5.59. The van der Waals surface area contributed by atoms with E-state index in [2.05, 4.69) is 20.7 Å².